The number of esters is 1. The van der Waals surface area contributed by atoms with Gasteiger partial charge in [-0.3, -0.25) is 0 Å². The summed E-state index contributed by atoms with van der Waals surface area (Å²) in [6.07, 6.45) is 3.49. The van der Waals surface area contributed by atoms with Gasteiger partial charge in [-0.1, -0.05) is 11.6 Å². The van der Waals surface area contributed by atoms with Crippen molar-refractivity contribution in [1.29, 1.82) is 0 Å². The fraction of sp³-hybridized carbons (Fsp3) is 0.545. The summed E-state index contributed by atoms with van der Waals surface area (Å²) in [5, 5.41) is 0. The highest BCUT2D eigenvalue weighted by molar-refractivity contribution is 8.04. The first-order chi connectivity index (χ1) is 6.81. The maximum atomic E-state index is 11.6. The Morgan fingerprint density at radius 2 is 2.50 bits per heavy atom. The summed E-state index contributed by atoms with van der Waals surface area (Å²) in [4.78, 5) is 12.5. The first kappa shape index (κ1) is 8.60. The Kier molecular flexibility index (Phi) is 1.78. The van der Waals surface area contributed by atoms with Crippen molar-refractivity contribution in [1.82, 2.24) is 0 Å². The van der Waals surface area contributed by atoms with E-state index in [0.717, 1.165) is 16.6 Å². The number of hydrogen-bond acceptors (Lipinski definition) is 3. The molecule has 0 spiro atoms. The molecule has 0 aromatic carbocycles. The van der Waals surface area contributed by atoms with Crippen molar-refractivity contribution >= 4 is 17.7 Å². The van der Waals surface area contributed by atoms with E-state index < -0.39 is 0 Å². The predicted molar refractivity (Wildman–Crippen MR) is 55.8 cm³/mol. The molecule has 1 fully saturated rings. The summed E-state index contributed by atoms with van der Waals surface area (Å²) < 4.78 is 5.04. The molecular weight excluding hydrogens is 196 g/mol. The highest BCUT2D eigenvalue weighted by Gasteiger charge is 2.48. The van der Waals surface area contributed by atoms with Gasteiger partial charge < -0.3 is 4.74 Å². The molecule has 0 aromatic rings. The van der Waals surface area contributed by atoms with Gasteiger partial charge in [-0.05, 0) is 24.8 Å². The van der Waals surface area contributed by atoms with Gasteiger partial charge in [-0.25, -0.2) is 4.79 Å². The Morgan fingerprint density at radius 1 is 1.64 bits per heavy atom. The third kappa shape index (κ3) is 1.08. The maximum absolute atomic E-state index is 11.6. The van der Waals surface area contributed by atoms with Crippen LogP contribution in [0, 0.1) is 11.8 Å². The molecule has 3 heteroatoms. The SMILES string of the molecule is CCOC(=O)C1=C2C=C3CC3C2CS1. The van der Waals surface area contributed by atoms with Gasteiger partial charge in [0.15, 0.2) is 0 Å². The zero-order valence-electron chi connectivity index (χ0n) is 8.08. The fourth-order valence-corrected chi connectivity index (χ4v) is 3.67. The third-order valence-electron chi connectivity index (χ3n) is 3.13. The summed E-state index contributed by atoms with van der Waals surface area (Å²) in [7, 11) is 0. The highest BCUT2D eigenvalue weighted by atomic mass is 32.2. The van der Waals surface area contributed by atoms with E-state index in [1.54, 1.807) is 17.3 Å². The molecule has 0 aromatic heterocycles. The van der Waals surface area contributed by atoms with Crippen molar-refractivity contribution in [2.75, 3.05) is 12.4 Å². The van der Waals surface area contributed by atoms with Crippen LogP contribution >= 0.6 is 11.8 Å². The molecule has 3 rings (SSSR count). The molecule has 1 aliphatic heterocycles. The van der Waals surface area contributed by atoms with E-state index in [1.807, 2.05) is 6.92 Å². The van der Waals surface area contributed by atoms with E-state index in [4.69, 9.17) is 4.74 Å². The molecule has 0 bridgehead atoms. The van der Waals surface area contributed by atoms with Crippen LogP contribution in [0.15, 0.2) is 22.1 Å². The number of carbonyl (C=O) groups is 1. The average molecular weight is 208 g/mol. The van der Waals surface area contributed by atoms with Crippen LogP contribution in [-0.4, -0.2) is 18.3 Å². The molecule has 2 nitrogen and oxygen atoms in total. The van der Waals surface area contributed by atoms with Crippen molar-refractivity contribution in [2.24, 2.45) is 11.8 Å². The summed E-state index contributed by atoms with van der Waals surface area (Å²) >= 11 is 1.67. The first-order valence-electron chi connectivity index (χ1n) is 5.05. The lowest BCUT2D eigenvalue weighted by molar-refractivity contribution is -0.137. The van der Waals surface area contributed by atoms with E-state index in [1.165, 1.54) is 12.0 Å². The monoisotopic (exact) mass is 208 g/mol. The highest BCUT2D eigenvalue weighted by Crippen LogP contribution is 2.58. The number of thioether (sulfide) groups is 1. The smallest absolute Gasteiger partial charge is 0.344 e. The second kappa shape index (κ2) is 2.89. The fourth-order valence-electron chi connectivity index (χ4n) is 2.35. The molecule has 3 aliphatic rings. The minimum Gasteiger partial charge on any atom is -0.462 e. The Hall–Kier alpha value is -0.700. The Bertz CT molecular complexity index is 367. The van der Waals surface area contributed by atoms with Crippen molar-refractivity contribution < 1.29 is 9.53 Å². The molecule has 0 saturated heterocycles. The lowest BCUT2D eigenvalue weighted by Crippen LogP contribution is -2.06. The topological polar surface area (TPSA) is 26.3 Å². The number of rotatable bonds is 2. The van der Waals surface area contributed by atoms with Gasteiger partial charge in [0.25, 0.3) is 0 Å². The average Bonchev–Trinajstić information content (AvgIpc) is 2.67. The number of ether oxygens (including phenoxy) is 1. The van der Waals surface area contributed by atoms with Crippen LogP contribution in [-0.2, 0) is 9.53 Å². The van der Waals surface area contributed by atoms with Crippen LogP contribution in [0.3, 0.4) is 0 Å². The second-order valence-electron chi connectivity index (χ2n) is 3.95. The van der Waals surface area contributed by atoms with Gasteiger partial charge in [0.2, 0.25) is 0 Å². The van der Waals surface area contributed by atoms with Crippen molar-refractivity contribution in [3.63, 3.8) is 0 Å². The van der Waals surface area contributed by atoms with Crippen LogP contribution in [0.5, 0.6) is 0 Å². The summed E-state index contributed by atoms with van der Waals surface area (Å²) in [6.45, 7) is 2.33. The van der Waals surface area contributed by atoms with Gasteiger partial charge in [0.1, 0.15) is 0 Å². The molecule has 1 heterocycles. The van der Waals surface area contributed by atoms with Gasteiger partial charge in [0, 0.05) is 11.7 Å². The summed E-state index contributed by atoms with van der Waals surface area (Å²) in [6, 6.07) is 0. The molecule has 14 heavy (non-hydrogen) atoms. The number of carbonyl (C=O) groups excluding carboxylic acids is 1. The van der Waals surface area contributed by atoms with E-state index in [-0.39, 0.29) is 5.97 Å². The minimum atomic E-state index is -0.117. The molecule has 0 amide bonds. The van der Waals surface area contributed by atoms with Gasteiger partial charge in [-0.2, -0.15) is 0 Å². The Labute approximate surface area is 87.4 Å². The van der Waals surface area contributed by atoms with Gasteiger partial charge in [0.05, 0.1) is 11.5 Å². The number of allylic oxidation sites excluding steroid dienone is 3. The quantitative estimate of drug-likeness (QED) is 0.650. The van der Waals surface area contributed by atoms with Crippen LogP contribution in [0.25, 0.3) is 0 Å². The van der Waals surface area contributed by atoms with Gasteiger partial charge in [-0.15, -0.1) is 11.8 Å². The molecule has 0 N–H and O–H groups in total. The molecule has 2 unspecified atom stereocenters. The number of fused-ring (bicyclic) bond motifs is 3. The zero-order chi connectivity index (χ0) is 9.71. The molecule has 2 atom stereocenters. The Balaban J connectivity index is 1.89. The second-order valence-corrected chi connectivity index (χ2v) is 4.98. The molecule has 74 valence electrons. The maximum Gasteiger partial charge on any atom is 0.344 e. The largest absolute Gasteiger partial charge is 0.462 e. The molecule has 2 aliphatic carbocycles. The molecular formula is C11H12O2S. The summed E-state index contributed by atoms with van der Waals surface area (Å²) in [5.41, 5.74) is 2.81. The standard InChI is InChI=1S/C11H12O2S/c1-2-13-11(12)10-8-4-6-3-7(6)9(8)5-14-10/h4,7,9H,2-3,5H2,1H3. The normalized spacial score (nSPS) is 32.5. The van der Waals surface area contributed by atoms with E-state index in [0.29, 0.717) is 12.5 Å². The lowest BCUT2D eigenvalue weighted by atomic mass is 10.00. The van der Waals surface area contributed by atoms with Crippen LogP contribution in [0.4, 0.5) is 0 Å². The summed E-state index contributed by atoms with van der Waals surface area (Å²) in [5.74, 6) is 2.38. The third-order valence-corrected chi connectivity index (χ3v) is 4.34. The van der Waals surface area contributed by atoms with Crippen LogP contribution < -0.4 is 0 Å². The Morgan fingerprint density at radius 3 is 3.29 bits per heavy atom. The van der Waals surface area contributed by atoms with Gasteiger partial charge >= 0.3 is 5.97 Å². The minimum absolute atomic E-state index is 0.117. The predicted octanol–water partition coefficient (Wildman–Crippen LogP) is 2.13. The van der Waals surface area contributed by atoms with E-state index in [2.05, 4.69) is 6.08 Å². The van der Waals surface area contributed by atoms with Crippen molar-refractivity contribution in [3.8, 4) is 0 Å². The zero-order valence-corrected chi connectivity index (χ0v) is 8.89. The number of hydrogen-bond donors (Lipinski definition) is 0. The first-order valence-corrected chi connectivity index (χ1v) is 6.04. The lowest BCUT2D eigenvalue weighted by Gasteiger charge is -2.04. The van der Waals surface area contributed by atoms with Crippen molar-refractivity contribution in [2.45, 2.75) is 13.3 Å². The van der Waals surface area contributed by atoms with Crippen molar-refractivity contribution in [3.05, 3.63) is 22.1 Å². The molecule has 0 radical (unpaired) electrons. The van der Waals surface area contributed by atoms with E-state index in [9.17, 15) is 4.79 Å². The molecule has 1 saturated carbocycles. The van der Waals surface area contributed by atoms with E-state index >= 15 is 0 Å². The van der Waals surface area contributed by atoms with Crippen LogP contribution in [0.2, 0.25) is 0 Å². The van der Waals surface area contributed by atoms with Crippen LogP contribution in [0.1, 0.15) is 13.3 Å².